The fraction of sp³-hybridized carbons (Fsp3) is 0.222. The zero-order chi connectivity index (χ0) is 19.8. The second kappa shape index (κ2) is 6.58. The molecule has 0 aliphatic carbocycles. The molecule has 3 rings (SSSR count). The predicted molar refractivity (Wildman–Crippen MR) is 101 cm³/mol. The highest BCUT2D eigenvalue weighted by Gasteiger charge is 2.36. The van der Waals surface area contributed by atoms with E-state index in [0.29, 0.717) is 11.4 Å². The quantitative estimate of drug-likeness (QED) is 0.744. The van der Waals surface area contributed by atoms with E-state index in [0.717, 1.165) is 0 Å². The van der Waals surface area contributed by atoms with Crippen LogP contribution in [0.1, 0.15) is 20.8 Å². The van der Waals surface area contributed by atoms with Crippen molar-refractivity contribution in [3.63, 3.8) is 0 Å². The number of nitrogens with one attached hydrogen (secondary N) is 3. The molecule has 0 saturated heterocycles. The normalized spacial score (nSPS) is 15.1. The van der Waals surface area contributed by atoms with Crippen LogP contribution >= 0.6 is 0 Å². The van der Waals surface area contributed by atoms with Crippen LogP contribution in [-0.2, 0) is 19.6 Å². The van der Waals surface area contributed by atoms with Gasteiger partial charge in [0.15, 0.2) is 5.60 Å². The number of hydrogen-bond acceptors (Lipinski definition) is 5. The van der Waals surface area contributed by atoms with E-state index in [4.69, 9.17) is 4.74 Å². The van der Waals surface area contributed by atoms with E-state index in [1.165, 1.54) is 37.3 Å². The van der Waals surface area contributed by atoms with Crippen molar-refractivity contribution < 1.29 is 22.7 Å². The lowest BCUT2D eigenvalue weighted by molar-refractivity contribution is -0.129. The molecular formula is C18H19N3O5S. The minimum atomic E-state index is -3.91. The van der Waals surface area contributed by atoms with Gasteiger partial charge >= 0.3 is 0 Å². The van der Waals surface area contributed by atoms with Gasteiger partial charge in [0, 0.05) is 12.6 Å². The van der Waals surface area contributed by atoms with E-state index in [2.05, 4.69) is 15.4 Å². The Morgan fingerprint density at radius 1 is 1.11 bits per heavy atom. The van der Waals surface area contributed by atoms with E-state index >= 15 is 0 Å². The Morgan fingerprint density at radius 3 is 2.41 bits per heavy atom. The summed E-state index contributed by atoms with van der Waals surface area (Å²) in [4.78, 5) is 23.2. The Labute approximate surface area is 157 Å². The number of fused-ring (bicyclic) bond motifs is 1. The smallest absolute Gasteiger partial charge is 0.268 e. The van der Waals surface area contributed by atoms with E-state index in [1.807, 2.05) is 0 Å². The first kappa shape index (κ1) is 18.7. The molecule has 0 unspecified atom stereocenters. The average molecular weight is 389 g/mol. The van der Waals surface area contributed by atoms with Crippen molar-refractivity contribution in [3.8, 4) is 5.75 Å². The molecule has 2 amide bonds. The van der Waals surface area contributed by atoms with Crippen LogP contribution < -0.4 is 20.1 Å². The van der Waals surface area contributed by atoms with Crippen molar-refractivity contribution >= 4 is 38.9 Å². The monoisotopic (exact) mass is 389 g/mol. The first-order valence-electron chi connectivity index (χ1n) is 8.12. The Hall–Kier alpha value is -3.07. The summed E-state index contributed by atoms with van der Waals surface area (Å²) in [6, 6.07) is 10.5. The van der Waals surface area contributed by atoms with Gasteiger partial charge < -0.3 is 15.4 Å². The number of carbonyl (C=O) groups is 2. The largest absolute Gasteiger partial charge is 0.476 e. The van der Waals surface area contributed by atoms with Crippen LogP contribution in [0.5, 0.6) is 5.75 Å². The van der Waals surface area contributed by atoms with E-state index in [-0.39, 0.29) is 28.1 Å². The zero-order valence-corrected chi connectivity index (χ0v) is 15.8. The Balaban J connectivity index is 1.89. The van der Waals surface area contributed by atoms with E-state index < -0.39 is 15.6 Å². The molecular weight excluding hydrogens is 370 g/mol. The van der Waals surface area contributed by atoms with Crippen LogP contribution in [0, 0.1) is 0 Å². The van der Waals surface area contributed by atoms with E-state index in [9.17, 15) is 18.0 Å². The second-order valence-corrected chi connectivity index (χ2v) is 8.24. The number of sulfonamides is 1. The van der Waals surface area contributed by atoms with Gasteiger partial charge in [0.25, 0.3) is 15.9 Å². The summed E-state index contributed by atoms with van der Waals surface area (Å²) in [6.07, 6.45) is 0. The molecule has 0 radical (unpaired) electrons. The third-order valence-corrected chi connectivity index (χ3v) is 5.29. The lowest BCUT2D eigenvalue weighted by Crippen LogP contribution is -2.45. The molecule has 142 valence electrons. The van der Waals surface area contributed by atoms with Crippen LogP contribution in [0.15, 0.2) is 47.4 Å². The summed E-state index contributed by atoms with van der Waals surface area (Å²) < 4.78 is 33.5. The number of anilines is 3. The number of amides is 2. The fourth-order valence-electron chi connectivity index (χ4n) is 2.54. The second-order valence-electron chi connectivity index (χ2n) is 6.56. The van der Waals surface area contributed by atoms with Gasteiger partial charge in [0.2, 0.25) is 5.91 Å². The highest BCUT2D eigenvalue weighted by atomic mass is 32.2. The number of ether oxygens (including phenoxy) is 1. The zero-order valence-electron chi connectivity index (χ0n) is 15.0. The summed E-state index contributed by atoms with van der Waals surface area (Å²) in [7, 11) is -3.91. The molecule has 27 heavy (non-hydrogen) atoms. The molecule has 0 spiro atoms. The third-order valence-electron chi connectivity index (χ3n) is 3.91. The number of rotatable bonds is 4. The summed E-state index contributed by atoms with van der Waals surface area (Å²) in [5.41, 5.74) is -0.103. The standard InChI is InChI=1S/C18H19N3O5S/c1-11(22)19-12-7-9-13(10-8-12)27(24,25)21-14-5-4-6-15-16(14)20-17(23)18(2,3)26-15/h4-10,21H,1-3H3,(H,19,22)(H,20,23). The van der Waals surface area contributed by atoms with Gasteiger partial charge in [-0.15, -0.1) is 0 Å². The number of carbonyl (C=O) groups excluding carboxylic acids is 2. The van der Waals surface area contributed by atoms with Crippen LogP contribution in [-0.4, -0.2) is 25.8 Å². The van der Waals surface area contributed by atoms with Crippen LogP contribution in [0.3, 0.4) is 0 Å². The SMILES string of the molecule is CC(=O)Nc1ccc(S(=O)(=O)Nc2cccc3c2NC(=O)C(C)(C)O3)cc1. The lowest BCUT2D eigenvalue weighted by Gasteiger charge is -2.32. The first-order chi connectivity index (χ1) is 12.6. The molecule has 1 aliphatic rings. The van der Waals surface area contributed by atoms with Crippen molar-refractivity contribution in [1.82, 2.24) is 0 Å². The molecule has 9 heteroatoms. The average Bonchev–Trinajstić information content (AvgIpc) is 2.56. The molecule has 0 aromatic heterocycles. The van der Waals surface area contributed by atoms with Gasteiger partial charge in [-0.3, -0.25) is 14.3 Å². The molecule has 1 aliphatic heterocycles. The van der Waals surface area contributed by atoms with Gasteiger partial charge in [0.1, 0.15) is 11.4 Å². The summed E-state index contributed by atoms with van der Waals surface area (Å²) in [6.45, 7) is 4.61. The topological polar surface area (TPSA) is 114 Å². The molecule has 0 fully saturated rings. The van der Waals surface area contributed by atoms with Crippen molar-refractivity contribution in [1.29, 1.82) is 0 Å². The minimum Gasteiger partial charge on any atom is -0.476 e. The van der Waals surface area contributed by atoms with Crippen LogP contribution in [0.2, 0.25) is 0 Å². The Bertz CT molecular complexity index is 1010. The third kappa shape index (κ3) is 3.87. The Morgan fingerprint density at radius 2 is 1.78 bits per heavy atom. The maximum absolute atomic E-state index is 12.7. The predicted octanol–water partition coefficient (Wildman–Crippen LogP) is 2.56. The summed E-state index contributed by atoms with van der Waals surface area (Å²) in [5.74, 6) is -0.250. The van der Waals surface area contributed by atoms with E-state index in [1.54, 1.807) is 26.0 Å². The molecule has 0 saturated carbocycles. The number of hydrogen-bond donors (Lipinski definition) is 3. The summed E-state index contributed by atoms with van der Waals surface area (Å²) in [5, 5.41) is 5.25. The number of benzene rings is 2. The molecule has 0 atom stereocenters. The lowest BCUT2D eigenvalue weighted by atomic mass is 10.1. The fourth-order valence-corrected chi connectivity index (χ4v) is 3.61. The van der Waals surface area contributed by atoms with Crippen molar-refractivity contribution in [3.05, 3.63) is 42.5 Å². The highest BCUT2D eigenvalue weighted by molar-refractivity contribution is 7.92. The molecule has 0 bridgehead atoms. The molecule has 3 N–H and O–H groups in total. The Kier molecular flexibility index (Phi) is 4.56. The summed E-state index contributed by atoms with van der Waals surface area (Å²) >= 11 is 0. The maximum Gasteiger partial charge on any atom is 0.268 e. The first-order valence-corrected chi connectivity index (χ1v) is 9.61. The molecule has 1 heterocycles. The molecule has 2 aromatic rings. The number of para-hydroxylation sites is 1. The van der Waals surface area contributed by atoms with Gasteiger partial charge in [0.05, 0.1) is 10.6 Å². The molecule has 8 nitrogen and oxygen atoms in total. The van der Waals surface area contributed by atoms with Crippen LogP contribution in [0.25, 0.3) is 0 Å². The van der Waals surface area contributed by atoms with Crippen LogP contribution in [0.4, 0.5) is 17.1 Å². The van der Waals surface area contributed by atoms with Gasteiger partial charge in [-0.1, -0.05) is 6.07 Å². The maximum atomic E-state index is 12.7. The van der Waals surface area contributed by atoms with Crippen molar-refractivity contribution in [2.75, 3.05) is 15.4 Å². The van der Waals surface area contributed by atoms with Gasteiger partial charge in [-0.05, 0) is 50.2 Å². The van der Waals surface area contributed by atoms with Crippen molar-refractivity contribution in [2.45, 2.75) is 31.3 Å². The molecule has 2 aromatic carbocycles. The van der Waals surface area contributed by atoms with Gasteiger partial charge in [-0.2, -0.15) is 0 Å². The van der Waals surface area contributed by atoms with Gasteiger partial charge in [-0.25, -0.2) is 8.42 Å². The minimum absolute atomic E-state index is 0.0117. The van der Waals surface area contributed by atoms with Crippen molar-refractivity contribution in [2.24, 2.45) is 0 Å². The highest BCUT2D eigenvalue weighted by Crippen LogP contribution is 2.39.